The summed E-state index contributed by atoms with van der Waals surface area (Å²) in [6, 6.07) is 19.6. The van der Waals surface area contributed by atoms with Crippen LogP contribution in [-0.2, 0) is 0 Å². The molecule has 0 radical (unpaired) electrons. The summed E-state index contributed by atoms with van der Waals surface area (Å²) >= 11 is 6.33. The predicted octanol–water partition coefficient (Wildman–Crippen LogP) is 4.89. The van der Waals surface area contributed by atoms with Gasteiger partial charge in [0.15, 0.2) is 0 Å². The average molecular weight is 414 g/mol. The minimum Gasteiger partial charge on any atom is -0.480 e. The van der Waals surface area contributed by atoms with Crippen LogP contribution >= 0.6 is 11.6 Å². The van der Waals surface area contributed by atoms with E-state index in [0.29, 0.717) is 11.0 Å². The van der Waals surface area contributed by atoms with Crippen molar-refractivity contribution in [1.29, 1.82) is 0 Å². The Morgan fingerprint density at radius 3 is 2.77 bits per heavy atom. The lowest BCUT2D eigenvalue weighted by molar-refractivity contribution is 0.223. The van der Waals surface area contributed by atoms with Crippen LogP contribution in [0.5, 0.6) is 5.75 Å². The molecule has 0 saturated heterocycles. The molecule has 1 N–H and O–H groups in total. The van der Waals surface area contributed by atoms with Crippen molar-refractivity contribution in [1.82, 2.24) is 19.7 Å². The zero-order valence-corrected chi connectivity index (χ0v) is 16.5. The molecule has 2 aliphatic heterocycles. The highest BCUT2D eigenvalue weighted by molar-refractivity contribution is 6.30. The number of anilines is 1. The lowest BCUT2D eigenvalue weighted by Gasteiger charge is -2.38. The zero-order valence-electron chi connectivity index (χ0n) is 15.7. The summed E-state index contributed by atoms with van der Waals surface area (Å²) in [6.07, 6.45) is 4.85. The molecule has 4 aromatic rings. The molecule has 0 amide bonds. The summed E-state index contributed by atoms with van der Waals surface area (Å²) < 4.78 is 8.43. The zero-order chi connectivity index (χ0) is 20.1. The number of ether oxygens (including phenoxy) is 1. The van der Waals surface area contributed by atoms with Gasteiger partial charge in [0.25, 0.3) is 0 Å². The van der Waals surface area contributed by atoms with E-state index in [2.05, 4.69) is 32.5 Å². The van der Waals surface area contributed by atoms with E-state index >= 15 is 0 Å². The van der Waals surface area contributed by atoms with E-state index < -0.39 is 0 Å². The number of pyridine rings is 1. The number of halogens is 1. The quantitative estimate of drug-likeness (QED) is 0.507. The predicted molar refractivity (Wildman–Crippen MR) is 114 cm³/mol. The number of nitrogens with zero attached hydrogens (tertiary/aromatic N) is 4. The Kier molecular flexibility index (Phi) is 3.86. The number of hydrogen-bond acceptors (Lipinski definition) is 5. The van der Waals surface area contributed by atoms with Crippen LogP contribution in [0, 0.1) is 0 Å². The van der Waals surface area contributed by atoms with Gasteiger partial charge in [-0.25, -0.2) is 4.68 Å². The van der Waals surface area contributed by atoms with Gasteiger partial charge < -0.3 is 10.1 Å². The average Bonchev–Trinajstić information content (AvgIpc) is 3.26. The molecule has 0 saturated carbocycles. The molecule has 30 heavy (non-hydrogen) atoms. The second-order valence-corrected chi connectivity index (χ2v) is 7.66. The smallest absolute Gasteiger partial charge is 0.226 e. The Morgan fingerprint density at radius 1 is 1.00 bits per heavy atom. The molecule has 7 heteroatoms. The molecule has 6 rings (SSSR count). The molecule has 2 aromatic heterocycles. The minimum absolute atomic E-state index is 0.218. The first-order valence-electron chi connectivity index (χ1n) is 9.61. The van der Waals surface area contributed by atoms with Crippen molar-refractivity contribution < 1.29 is 4.74 Å². The Bertz CT molecular complexity index is 1280. The summed E-state index contributed by atoms with van der Waals surface area (Å²) in [5.41, 5.74) is 5.00. The molecular weight excluding hydrogens is 398 g/mol. The fourth-order valence-corrected chi connectivity index (χ4v) is 4.42. The highest BCUT2D eigenvalue weighted by Gasteiger charge is 2.40. The summed E-state index contributed by atoms with van der Waals surface area (Å²) in [4.78, 5) is 8.78. The van der Waals surface area contributed by atoms with Crippen molar-refractivity contribution in [3.05, 3.63) is 107 Å². The van der Waals surface area contributed by atoms with Gasteiger partial charge in [0.1, 0.15) is 24.2 Å². The lowest BCUT2D eigenvalue weighted by Crippen LogP contribution is -2.32. The van der Waals surface area contributed by atoms with Crippen molar-refractivity contribution in [2.75, 3.05) is 5.32 Å². The van der Waals surface area contributed by atoms with Gasteiger partial charge in [-0.1, -0.05) is 41.9 Å². The van der Waals surface area contributed by atoms with Crippen molar-refractivity contribution in [2.24, 2.45) is 0 Å². The molecule has 4 heterocycles. The van der Waals surface area contributed by atoms with Crippen LogP contribution in [0.1, 0.15) is 28.8 Å². The molecule has 0 fully saturated rings. The topological polar surface area (TPSA) is 64.9 Å². The van der Waals surface area contributed by atoms with Gasteiger partial charge in [-0.15, -0.1) is 0 Å². The third-order valence-corrected chi connectivity index (χ3v) is 5.71. The second kappa shape index (κ2) is 6.71. The van der Waals surface area contributed by atoms with E-state index in [0.717, 1.165) is 33.7 Å². The fourth-order valence-electron chi connectivity index (χ4n) is 4.22. The first kappa shape index (κ1) is 17.2. The van der Waals surface area contributed by atoms with Crippen molar-refractivity contribution >= 4 is 23.2 Å². The van der Waals surface area contributed by atoms with Gasteiger partial charge in [0.05, 0.1) is 5.70 Å². The summed E-state index contributed by atoms with van der Waals surface area (Å²) in [5, 5.41) is 8.66. The molecule has 6 nitrogen and oxygen atoms in total. The number of benzene rings is 2. The van der Waals surface area contributed by atoms with Crippen LogP contribution < -0.4 is 10.1 Å². The van der Waals surface area contributed by atoms with E-state index in [9.17, 15) is 0 Å². The van der Waals surface area contributed by atoms with Gasteiger partial charge in [-0.2, -0.15) is 10.1 Å². The molecule has 0 bridgehead atoms. The van der Waals surface area contributed by atoms with Gasteiger partial charge >= 0.3 is 0 Å². The number of aromatic nitrogens is 4. The lowest BCUT2D eigenvalue weighted by atomic mass is 9.85. The number of hydrogen-bond donors (Lipinski definition) is 1. The molecular formula is C23H16ClN5O. The van der Waals surface area contributed by atoms with Crippen LogP contribution in [0.4, 0.5) is 5.95 Å². The van der Waals surface area contributed by atoms with Crippen molar-refractivity contribution in [2.45, 2.75) is 12.1 Å². The van der Waals surface area contributed by atoms with Gasteiger partial charge in [-0.3, -0.25) is 4.98 Å². The van der Waals surface area contributed by atoms with Crippen LogP contribution in [0.25, 0.3) is 5.70 Å². The highest BCUT2D eigenvalue weighted by Crippen LogP contribution is 2.50. The maximum atomic E-state index is 6.55. The van der Waals surface area contributed by atoms with Gasteiger partial charge in [-0.05, 0) is 41.5 Å². The summed E-state index contributed by atoms with van der Waals surface area (Å²) in [5.74, 6) is 1.50. The SMILES string of the molecule is Clc1cccc([C@@H]2Oc3ccccc3C3=C2[C@@H](c2cccnc2)n2ncnc2N3)c1. The third-order valence-electron chi connectivity index (χ3n) is 5.47. The van der Waals surface area contributed by atoms with E-state index in [4.69, 9.17) is 16.3 Å². The third kappa shape index (κ3) is 2.61. The van der Waals surface area contributed by atoms with Gasteiger partial charge in [0, 0.05) is 28.6 Å². The van der Waals surface area contributed by atoms with Crippen LogP contribution in [-0.4, -0.2) is 19.7 Å². The molecule has 2 aromatic carbocycles. The number of para-hydroxylation sites is 1. The number of rotatable bonds is 2. The normalized spacial score (nSPS) is 19.2. The molecule has 0 unspecified atom stereocenters. The molecule has 2 atom stereocenters. The van der Waals surface area contributed by atoms with Crippen molar-refractivity contribution in [3.63, 3.8) is 0 Å². The fraction of sp³-hybridized carbons (Fsp3) is 0.0870. The minimum atomic E-state index is -0.344. The number of nitrogens with one attached hydrogen (secondary N) is 1. The van der Waals surface area contributed by atoms with Crippen LogP contribution in [0.2, 0.25) is 5.02 Å². The largest absolute Gasteiger partial charge is 0.480 e. The Morgan fingerprint density at radius 2 is 1.90 bits per heavy atom. The number of fused-ring (bicyclic) bond motifs is 3. The van der Waals surface area contributed by atoms with Gasteiger partial charge in [0.2, 0.25) is 5.95 Å². The van der Waals surface area contributed by atoms with Crippen LogP contribution in [0.3, 0.4) is 0 Å². The Labute approximate surface area is 177 Å². The maximum Gasteiger partial charge on any atom is 0.226 e. The van der Waals surface area contributed by atoms with E-state index in [1.54, 1.807) is 12.5 Å². The monoisotopic (exact) mass is 413 g/mol. The standard InChI is InChI=1S/C23H16ClN5O/c24-16-7-3-5-14(11-16)22-19-20(17-8-1-2-9-18(17)30-22)28-23-26-13-27-29(23)21(19)15-6-4-10-25-12-15/h1-13,21-22H,(H,26,27,28)/t21-,22+/m1/s1. The Balaban J connectivity index is 1.64. The molecule has 0 spiro atoms. The molecule has 2 aliphatic rings. The molecule has 0 aliphatic carbocycles. The van der Waals surface area contributed by atoms with E-state index in [-0.39, 0.29) is 12.1 Å². The second-order valence-electron chi connectivity index (χ2n) is 7.22. The van der Waals surface area contributed by atoms with E-state index in [1.165, 1.54) is 0 Å². The summed E-state index contributed by atoms with van der Waals surface area (Å²) in [7, 11) is 0. The first-order chi connectivity index (χ1) is 14.8. The van der Waals surface area contributed by atoms with E-state index in [1.807, 2.05) is 59.4 Å². The first-order valence-corrected chi connectivity index (χ1v) is 9.99. The Hall–Kier alpha value is -3.64. The molecule has 146 valence electrons. The van der Waals surface area contributed by atoms with Crippen molar-refractivity contribution in [3.8, 4) is 5.75 Å². The highest BCUT2D eigenvalue weighted by atomic mass is 35.5. The maximum absolute atomic E-state index is 6.55. The summed E-state index contributed by atoms with van der Waals surface area (Å²) in [6.45, 7) is 0. The van der Waals surface area contributed by atoms with Crippen LogP contribution in [0.15, 0.2) is 85.0 Å².